The van der Waals surface area contributed by atoms with Crippen molar-refractivity contribution in [3.63, 3.8) is 0 Å². The number of hydrogen-bond donors (Lipinski definition) is 0. The molecular formula is C8H5ClN-. The highest BCUT2D eigenvalue weighted by Crippen LogP contribution is 2.20. The van der Waals surface area contributed by atoms with Crippen LogP contribution >= 0.6 is 11.6 Å². The number of halogens is 1. The van der Waals surface area contributed by atoms with Crippen LogP contribution in [0.1, 0.15) is 0 Å². The molecule has 0 saturated heterocycles. The lowest BCUT2D eigenvalue weighted by atomic mass is 10.2. The summed E-state index contributed by atoms with van der Waals surface area (Å²) in [6, 6.07) is 7.63. The molecule has 0 aliphatic carbocycles. The molecule has 0 saturated carbocycles. The van der Waals surface area contributed by atoms with Gasteiger partial charge in [0.1, 0.15) is 0 Å². The topological polar surface area (TPSA) is 14.1 Å². The quantitative estimate of drug-likeness (QED) is 0.563. The van der Waals surface area contributed by atoms with Gasteiger partial charge < -0.3 is 4.98 Å². The maximum atomic E-state index is 5.86. The summed E-state index contributed by atoms with van der Waals surface area (Å²) in [6.07, 6.45) is 1.76. The lowest BCUT2D eigenvalue weighted by molar-refractivity contribution is 1.43. The van der Waals surface area contributed by atoms with Crippen LogP contribution in [0.4, 0.5) is 0 Å². The van der Waals surface area contributed by atoms with Gasteiger partial charge in [0, 0.05) is 5.02 Å². The number of nitrogens with zero attached hydrogens (tertiary/aromatic N) is 1. The molecule has 0 bridgehead atoms. The fraction of sp³-hybridized carbons (Fsp3) is 0. The average Bonchev–Trinajstić information content (AvgIpc) is 2.36. The van der Waals surface area contributed by atoms with Crippen LogP contribution in [0.25, 0.3) is 10.9 Å². The Morgan fingerprint density at radius 2 is 2.10 bits per heavy atom. The van der Waals surface area contributed by atoms with E-state index in [4.69, 9.17) is 11.6 Å². The molecule has 0 unspecified atom stereocenters. The van der Waals surface area contributed by atoms with Crippen molar-refractivity contribution in [2.75, 3.05) is 0 Å². The molecule has 0 fully saturated rings. The average molecular weight is 151 g/mol. The summed E-state index contributed by atoms with van der Waals surface area (Å²) in [5, 5.41) is 1.80. The van der Waals surface area contributed by atoms with E-state index in [-0.39, 0.29) is 0 Å². The van der Waals surface area contributed by atoms with Gasteiger partial charge in [-0.1, -0.05) is 29.8 Å². The summed E-state index contributed by atoms with van der Waals surface area (Å²) < 4.78 is 0. The first-order valence-electron chi connectivity index (χ1n) is 3.04. The zero-order chi connectivity index (χ0) is 6.97. The van der Waals surface area contributed by atoms with Crippen molar-refractivity contribution in [3.05, 3.63) is 35.5 Å². The predicted octanol–water partition coefficient (Wildman–Crippen LogP) is 2.45. The highest BCUT2D eigenvalue weighted by atomic mass is 35.5. The standard InChI is InChI=1S/C8H5ClN/c9-7-2-1-3-8-6(7)4-5-10-8/h1-5H/q-1. The molecular weight excluding hydrogens is 146 g/mol. The lowest BCUT2D eigenvalue weighted by Crippen LogP contribution is -1.68. The van der Waals surface area contributed by atoms with E-state index in [2.05, 4.69) is 4.98 Å². The number of rotatable bonds is 0. The molecule has 2 heteroatoms. The van der Waals surface area contributed by atoms with E-state index in [0.29, 0.717) is 0 Å². The number of aromatic nitrogens is 1. The maximum absolute atomic E-state index is 5.86. The molecule has 1 heterocycles. The minimum Gasteiger partial charge on any atom is -0.664 e. The Hall–Kier alpha value is -0.950. The summed E-state index contributed by atoms with van der Waals surface area (Å²) in [5.41, 5.74) is 0.965. The fourth-order valence-corrected chi connectivity index (χ4v) is 1.23. The normalized spacial score (nSPS) is 10.5. The third-order valence-electron chi connectivity index (χ3n) is 1.48. The van der Waals surface area contributed by atoms with E-state index in [1.165, 1.54) is 0 Å². The van der Waals surface area contributed by atoms with Crippen molar-refractivity contribution in [1.82, 2.24) is 4.98 Å². The van der Waals surface area contributed by atoms with E-state index in [1.54, 1.807) is 6.20 Å². The Kier molecular flexibility index (Phi) is 1.18. The molecule has 0 N–H and O–H groups in total. The molecule has 10 heavy (non-hydrogen) atoms. The second-order valence-electron chi connectivity index (χ2n) is 2.12. The summed E-state index contributed by atoms with van der Waals surface area (Å²) in [4.78, 5) is 4.10. The minimum atomic E-state index is 0.773. The van der Waals surface area contributed by atoms with E-state index in [0.717, 1.165) is 15.9 Å². The fourth-order valence-electron chi connectivity index (χ4n) is 0.995. The van der Waals surface area contributed by atoms with Gasteiger partial charge in [0.25, 0.3) is 0 Å². The number of benzene rings is 1. The van der Waals surface area contributed by atoms with Crippen LogP contribution in [-0.4, -0.2) is 0 Å². The summed E-state index contributed by atoms with van der Waals surface area (Å²) in [5.74, 6) is 0. The highest BCUT2D eigenvalue weighted by molar-refractivity contribution is 6.35. The minimum absolute atomic E-state index is 0.773. The zero-order valence-corrected chi connectivity index (χ0v) is 5.97. The lowest BCUT2D eigenvalue weighted by Gasteiger charge is -1.97. The highest BCUT2D eigenvalue weighted by Gasteiger charge is 1.89. The molecule has 0 spiro atoms. The third kappa shape index (κ3) is 0.711. The molecule has 50 valence electrons. The van der Waals surface area contributed by atoms with Crippen molar-refractivity contribution in [2.45, 2.75) is 0 Å². The van der Waals surface area contributed by atoms with Gasteiger partial charge in [-0.15, -0.1) is 5.52 Å². The SMILES string of the molecule is Clc1cccc2[n-]ccc12. The van der Waals surface area contributed by atoms with Crippen LogP contribution in [0.15, 0.2) is 30.5 Å². The van der Waals surface area contributed by atoms with Gasteiger partial charge in [-0.3, -0.25) is 0 Å². The van der Waals surface area contributed by atoms with E-state index >= 15 is 0 Å². The molecule has 0 aliphatic heterocycles. The summed E-state index contributed by atoms with van der Waals surface area (Å²) in [6.45, 7) is 0. The first-order chi connectivity index (χ1) is 4.88. The van der Waals surface area contributed by atoms with Crippen LogP contribution in [0, 0.1) is 0 Å². The van der Waals surface area contributed by atoms with Crippen molar-refractivity contribution in [2.24, 2.45) is 0 Å². The Bertz CT molecular complexity index is 351. The molecule has 0 aliphatic rings. The second-order valence-corrected chi connectivity index (χ2v) is 2.52. The summed E-state index contributed by atoms with van der Waals surface area (Å²) in [7, 11) is 0. The van der Waals surface area contributed by atoms with Gasteiger partial charge in [0.15, 0.2) is 0 Å². The Labute approximate surface area is 63.6 Å². The van der Waals surface area contributed by atoms with E-state index in [1.807, 2.05) is 24.3 Å². The first kappa shape index (κ1) is 5.81. The van der Waals surface area contributed by atoms with Crippen LogP contribution < -0.4 is 4.98 Å². The predicted molar refractivity (Wildman–Crippen MR) is 42.3 cm³/mol. The number of hydrogen-bond acceptors (Lipinski definition) is 0. The van der Waals surface area contributed by atoms with Gasteiger partial charge in [0.05, 0.1) is 0 Å². The zero-order valence-electron chi connectivity index (χ0n) is 5.21. The molecule has 1 aromatic heterocycles. The van der Waals surface area contributed by atoms with Crippen molar-refractivity contribution in [3.8, 4) is 0 Å². The molecule has 2 aromatic rings. The van der Waals surface area contributed by atoms with E-state index < -0.39 is 0 Å². The molecule has 0 radical (unpaired) electrons. The van der Waals surface area contributed by atoms with Crippen LogP contribution in [0.3, 0.4) is 0 Å². The van der Waals surface area contributed by atoms with Gasteiger partial charge in [0.2, 0.25) is 0 Å². The number of fused-ring (bicyclic) bond motifs is 1. The van der Waals surface area contributed by atoms with Crippen LogP contribution in [0.5, 0.6) is 0 Å². The van der Waals surface area contributed by atoms with Gasteiger partial charge in [-0.25, -0.2) is 0 Å². The molecule has 1 aromatic carbocycles. The molecule has 0 atom stereocenters. The monoisotopic (exact) mass is 150 g/mol. The molecule has 0 amide bonds. The Morgan fingerprint density at radius 1 is 1.20 bits per heavy atom. The maximum Gasteiger partial charge on any atom is 0.0465 e. The smallest absolute Gasteiger partial charge is 0.0465 e. The summed E-state index contributed by atoms with van der Waals surface area (Å²) >= 11 is 5.86. The van der Waals surface area contributed by atoms with E-state index in [9.17, 15) is 0 Å². The van der Waals surface area contributed by atoms with Gasteiger partial charge in [-0.2, -0.15) is 6.20 Å². The van der Waals surface area contributed by atoms with Crippen LogP contribution in [0.2, 0.25) is 5.02 Å². The van der Waals surface area contributed by atoms with Crippen molar-refractivity contribution >= 4 is 22.5 Å². The molecule has 1 nitrogen and oxygen atoms in total. The van der Waals surface area contributed by atoms with Gasteiger partial charge >= 0.3 is 0 Å². The second kappa shape index (κ2) is 2.03. The third-order valence-corrected chi connectivity index (χ3v) is 1.81. The van der Waals surface area contributed by atoms with Gasteiger partial charge in [-0.05, 0) is 11.5 Å². The molecule has 2 rings (SSSR count). The van der Waals surface area contributed by atoms with Crippen LogP contribution in [-0.2, 0) is 0 Å². The first-order valence-corrected chi connectivity index (χ1v) is 3.41. The van der Waals surface area contributed by atoms with Crippen molar-refractivity contribution in [1.29, 1.82) is 0 Å². The Balaban J connectivity index is 2.95. The largest absolute Gasteiger partial charge is 0.664 e. The Morgan fingerprint density at radius 3 is 2.90 bits per heavy atom. The van der Waals surface area contributed by atoms with Crippen molar-refractivity contribution < 1.29 is 0 Å².